The van der Waals surface area contributed by atoms with Gasteiger partial charge in [0.15, 0.2) is 11.3 Å². The van der Waals surface area contributed by atoms with E-state index in [0.717, 1.165) is 28.0 Å². The van der Waals surface area contributed by atoms with Gasteiger partial charge in [-0.2, -0.15) is 0 Å². The minimum atomic E-state index is 0.131. The van der Waals surface area contributed by atoms with Gasteiger partial charge in [-0.05, 0) is 31.5 Å². The highest BCUT2D eigenvalue weighted by Gasteiger charge is 2.08. The van der Waals surface area contributed by atoms with Crippen molar-refractivity contribution in [2.75, 3.05) is 7.11 Å². The number of aromatic nitrogens is 1. The fourth-order valence-electron chi connectivity index (χ4n) is 2.49. The van der Waals surface area contributed by atoms with Gasteiger partial charge in [0.2, 0.25) is 5.88 Å². The number of benzene rings is 1. The minimum Gasteiger partial charge on any atom is -0.493 e. The summed E-state index contributed by atoms with van der Waals surface area (Å²) in [5.41, 5.74) is 1.88. The molecule has 0 saturated heterocycles. The quantitative estimate of drug-likeness (QED) is 0.713. The first-order valence-electron chi connectivity index (χ1n) is 8.03. The number of methoxy groups -OCH3 is 1. The van der Waals surface area contributed by atoms with Crippen LogP contribution in [0.4, 0.5) is 0 Å². The third kappa shape index (κ3) is 3.86. The monoisotopic (exact) mass is 326 g/mol. The molecule has 0 fully saturated rings. The lowest BCUT2D eigenvalue weighted by Crippen LogP contribution is -2.12. The van der Waals surface area contributed by atoms with Crippen LogP contribution in [-0.2, 0) is 13.1 Å². The standard InChI is InChI=1S/C19H22N2O3/c1-13(2)23-18-8-7-14(11-21-18)10-20-12-16-9-15-5-4-6-17(22-3)19(15)24-16/h4-9,11,13,20H,10,12H2,1-3H3. The number of hydrogen-bond acceptors (Lipinski definition) is 5. The SMILES string of the molecule is COc1cccc2cc(CNCc3ccc(OC(C)C)nc3)oc12. The zero-order valence-electron chi connectivity index (χ0n) is 14.2. The van der Waals surface area contributed by atoms with Crippen molar-refractivity contribution in [3.8, 4) is 11.6 Å². The Morgan fingerprint density at radius 2 is 2.04 bits per heavy atom. The first kappa shape index (κ1) is 16.3. The Labute approximate surface area is 141 Å². The molecule has 24 heavy (non-hydrogen) atoms. The van der Waals surface area contributed by atoms with Crippen LogP contribution in [0, 0.1) is 0 Å². The van der Waals surface area contributed by atoms with Gasteiger partial charge in [0.05, 0.1) is 19.8 Å². The van der Waals surface area contributed by atoms with Crippen LogP contribution in [0.1, 0.15) is 25.2 Å². The molecule has 3 aromatic rings. The Bertz CT molecular complexity index is 794. The highest BCUT2D eigenvalue weighted by molar-refractivity contribution is 5.83. The van der Waals surface area contributed by atoms with Crippen molar-refractivity contribution in [2.24, 2.45) is 0 Å². The molecule has 0 amide bonds. The molecule has 2 heterocycles. The van der Waals surface area contributed by atoms with Crippen molar-refractivity contribution in [2.45, 2.75) is 33.0 Å². The lowest BCUT2D eigenvalue weighted by Gasteiger charge is -2.09. The number of nitrogens with one attached hydrogen (secondary N) is 1. The summed E-state index contributed by atoms with van der Waals surface area (Å²) in [6.07, 6.45) is 1.96. The van der Waals surface area contributed by atoms with E-state index in [-0.39, 0.29) is 6.10 Å². The maximum atomic E-state index is 5.87. The summed E-state index contributed by atoms with van der Waals surface area (Å²) in [5, 5.41) is 4.41. The van der Waals surface area contributed by atoms with Gasteiger partial charge >= 0.3 is 0 Å². The number of rotatable bonds is 7. The van der Waals surface area contributed by atoms with Crippen molar-refractivity contribution in [1.82, 2.24) is 10.3 Å². The largest absolute Gasteiger partial charge is 0.493 e. The molecule has 1 aromatic carbocycles. The van der Waals surface area contributed by atoms with Crippen LogP contribution in [0.25, 0.3) is 11.0 Å². The molecule has 2 aromatic heterocycles. The fourth-order valence-corrected chi connectivity index (χ4v) is 2.49. The van der Waals surface area contributed by atoms with E-state index in [1.165, 1.54) is 0 Å². The second-order valence-corrected chi connectivity index (χ2v) is 5.87. The first-order chi connectivity index (χ1) is 11.7. The number of nitrogens with zero attached hydrogens (tertiary/aromatic N) is 1. The van der Waals surface area contributed by atoms with Crippen LogP contribution in [0.15, 0.2) is 47.0 Å². The van der Waals surface area contributed by atoms with Gasteiger partial charge in [-0.15, -0.1) is 0 Å². The molecule has 0 spiro atoms. The van der Waals surface area contributed by atoms with E-state index in [9.17, 15) is 0 Å². The molecule has 0 bridgehead atoms. The Balaban J connectivity index is 1.58. The molecule has 5 nitrogen and oxygen atoms in total. The van der Waals surface area contributed by atoms with Crippen LogP contribution in [0.5, 0.6) is 11.6 Å². The van der Waals surface area contributed by atoms with Crippen molar-refractivity contribution in [3.63, 3.8) is 0 Å². The second-order valence-electron chi connectivity index (χ2n) is 5.87. The summed E-state index contributed by atoms with van der Waals surface area (Å²) in [5.74, 6) is 2.28. The minimum absolute atomic E-state index is 0.131. The molecular formula is C19H22N2O3. The van der Waals surface area contributed by atoms with Gasteiger partial charge in [0.1, 0.15) is 5.76 Å². The molecule has 0 atom stereocenters. The van der Waals surface area contributed by atoms with Crippen LogP contribution in [0.2, 0.25) is 0 Å². The third-order valence-corrected chi connectivity index (χ3v) is 3.56. The number of fused-ring (bicyclic) bond motifs is 1. The molecule has 1 N–H and O–H groups in total. The summed E-state index contributed by atoms with van der Waals surface area (Å²) in [7, 11) is 1.65. The summed E-state index contributed by atoms with van der Waals surface area (Å²) in [6, 6.07) is 11.8. The van der Waals surface area contributed by atoms with Crippen LogP contribution in [-0.4, -0.2) is 18.2 Å². The fraction of sp³-hybridized carbons (Fsp3) is 0.316. The van der Waals surface area contributed by atoms with E-state index in [2.05, 4.69) is 10.3 Å². The number of furan rings is 1. The van der Waals surface area contributed by atoms with E-state index in [4.69, 9.17) is 13.9 Å². The zero-order valence-corrected chi connectivity index (χ0v) is 14.2. The number of pyridine rings is 1. The van der Waals surface area contributed by atoms with Gasteiger partial charge in [0, 0.05) is 24.2 Å². The van der Waals surface area contributed by atoms with E-state index in [0.29, 0.717) is 19.0 Å². The predicted molar refractivity (Wildman–Crippen MR) is 93.3 cm³/mol. The number of ether oxygens (including phenoxy) is 2. The molecule has 0 unspecified atom stereocenters. The van der Waals surface area contributed by atoms with Crippen LogP contribution >= 0.6 is 0 Å². The van der Waals surface area contributed by atoms with E-state index in [1.807, 2.05) is 56.4 Å². The maximum Gasteiger partial charge on any atom is 0.213 e. The smallest absolute Gasteiger partial charge is 0.213 e. The Hall–Kier alpha value is -2.53. The van der Waals surface area contributed by atoms with Crippen molar-refractivity contribution in [3.05, 3.63) is 53.9 Å². The summed E-state index contributed by atoms with van der Waals surface area (Å²) in [6.45, 7) is 5.32. The maximum absolute atomic E-state index is 5.87. The molecular weight excluding hydrogens is 304 g/mol. The van der Waals surface area contributed by atoms with Gasteiger partial charge < -0.3 is 19.2 Å². The summed E-state index contributed by atoms with van der Waals surface area (Å²) >= 11 is 0. The van der Waals surface area contributed by atoms with Gasteiger partial charge in [-0.25, -0.2) is 4.98 Å². The number of para-hydroxylation sites is 1. The van der Waals surface area contributed by atoms with Crippen molar-refractivity contribution >= 4 is 11.0 Å². The highest BCUT2D eigenvalue weighted by Crippen LogP contribution is 2.28. The van der Waals surface area contributed by atoms with Crippen LogP contribution in [0.3, 0.4) is 0 Å². The zero-order chi connectivity index (χ0) is 16.9. The van der Waals surface area contributed by atoms with E-state index >= 15 is 0 Å². The Morgan fingerprint density at radius 3 is 2.75 bits per heavy atom. The van der Waals surface area contributed by atoms with Crippen LogP contribution < -0.4 is 14.8 Å². The molecule has 126 valence electrons. The molecule has 0 aliphatic carbocycles. The molecule has 5 heteroatoms. The lowest BCUT2D eigenvalue weighted by molar-refractivity contribution is 0.232. The lowest BCUT2D eigenvalue weighted by atomic mass is 10.2. The average molecular weight is 326 g/mol. The third-order valence-electron chi connectivity index (χ3n) is 3.56. The molecule has 3 rings (SSSR count). The van der Waals surface area contributed by atoms with Gasteiger partial charge in [0.25, 0.3) is 0 Å². The Morgan fingerprint density at radius 1 is 1.17 bits per heavy atom. The van der Waals surface area contributed by atoms with Crippen molar-refractivity contribution in [1.29, 1.82) is 0 Å². The van der Waals surface area contributed by atoms with Gasteiger partial charge in [-0.1, -0.05) is 18.2 Å². The van der Waals surface area contributed by atoms with Crippen molar-refractivity contribution < 1.29 is 13.9 Å². The van der Waals surface area contributed by atoms with E-state index in [1.54, 1.807) is 7.11 Å². The average Bonchev–Trinajstić information content (AvgIpc) is 2.98. The molecule has 0 radical (unpaired) electrons. The summed E-state index contributed by atoms with van der Waals surface area (Å²) in [4.78, 5) is 4.30. The second kappa shape index (κ2) is 7.36. The first-order valence-corrected chi connectivity index (χ1v) is 8.03. The van der Waals surface area contributed by atoms with Gasteiger partial charge in [-0.3, -0.25) is 0 Å². The normalized spacial score (nSPS) is 11.2. The number of hydrogen-bond donors (Lipinski definition) is 1. The molecule has 0 aliphatic heterocycles. The predicted octanol–water partition coefficient (Wildman–Crippen LogP) is 3.91. The molecule has 0 aliphatic rings. The highest BCUT2D eigenvalue weighted by atomic mass is 16.5. The summed E-state index contributed by atoms with van der Waals surface area (Å²) < 4.78 is 16.7. The van der Waals surface area contributed by atoms with E-state index < -0.39 is 0 Å². The molecule has 0 saturated carbocycles. The Kier molecular flexibility index (Phi) is 5.01. The topological polar surface area (TPSA) is 56.5 Å².